The van der Waals surface area contributed by atoms with Crippen molar-refractivity contribution in [2.24, 2.45) is 4.99 Å². The molecule has 0 bridgehead atoms. The number of sulfone groups is 1. The second kappa shape index (κ2) is 9.37. The van der Waals surface area contributed by atoms with Crippen LogP contribution in [0.15, 0.2) is 23.2 Å². The number of carbonyl (C=O) groups is 1. The van der Waals surface area contributed by atoms with Gasteiger partial charge in [0.15, 0.2) is 15.0 Å². The first kappa shape index (κ1) is 21.9. The molecule has 0 radical (unpaired) electrons. The van der Waals surface area contributed by atoms with Gasteiger partial charge in [-0.05, 0) is 37.5 Å². The molecule has 3 rings (SSSR count). The van der Waals surface area contributed by atoms with E-state index in [2.05, 4.69) is 4.99 Å². The number of amidine groups is 1. The standard InChI is InChI=1S/C19H24Cl2N2O3S2/c1-2-14-12-27-19(22-13-7-8-16(20)17(21)11-13)23(14)18(24)9-10-28(25,26)15-5-3-4-6-15/h7-8,11,14-15H,2-6,9-10,12H2,1H3. The molecule has 28 heavy (non-hydrogen) atoms. The summed E-state index contributed by atoms with van der Waals surface area (Å²) in [5, 5.41) is 1.16. The van der Waals surface area contributed by atoms with Crippen LogP contribution < -0.4 is 0 Å². The highest BCUT2D eigenvalue weighted by molar-refractivity contribution is 8.14. The van der Waals surface area contributed by atoms with E-state index in [1.54, 1.807) is 23.1 Å². The molecule has 1 aliphatic carbocycles. The average Bonchev–Trinajstić information content (AvgIpc) is 3.33. The van der Waals surface area contributed by atoms with Gasteiger partial charge in [-0.3, -0.25) is 9.69 Å². The van der Waals surface area contributed by atoms with Crippen molar-refractivity contribution in [2.75, 3.05) is 11.5 Å². The van der Waals surface area contributed by atoms with E-state index in [0.29, 0.717) is 20.9 Å². The zero-order valence-electron chi connectivity index (χ0n) is 15.7. The van der Waals surface area contributed by atoms with Gasteiger partial charge in [0.1, 0.15) is 0 Å². The van der Waals surface area contributed by atoms with E-state index in [9.17, 15) is 13.2 Å². The van der Waals surface area contributed by atoms with Gasteiger partial charge in [-0.15, -0.1) is 0 Å². The molecule has 1 unspecified atom stereocenters. The Balaban J connectivity index is 1.74. The summed E-state index contributed by atoms with van der Waals surface area (Å²) < 4.78 is 25.0. The number of thioether (sulfide) groups is 1. The fourth-order valence-corrected chi connectivity index (χ4v) is 7.02. The number of hydrogen-bond donors (Lipinski definition) is 0. The van der Waals surface area contributed by atoms with Crippen LogP contribution in [0.4, 0.5) is 5.69 Å². The molecule has 1 heterocycles. The minimum atomic E-state index is -3.22. The first-order chi connectivity index (χ1) is 13.3. The maximum Gasteiger partial charge on any atom is 0.229 e. The third-order valence-electron chi connectivity index (χ3n) is 5.25. The second-order valence-corrected chi connectivity index (χ2v) is 11.4. The van der Waals surface area contributed by atoms with Crippen LogP contribution in [0.5, 0.6) is 0 Å². The minimum Gasteiger partial charge on any atom is -0.287 e. The van der Waals surface area contributed by atoms with Crippen LogP contribution in [0, 0.1) is 0 Å². The summed E-state index contributed by atoms with van der Waals surface area (Å²) in [6.45, 7) is 2.02. The maximum atomic E-state index is 12.9. The fraction of sp³-hybridized carbons (Fsp3) is 0.579. The topological polar surface area (TPSA) is 66.8 Å². The normalized spacial score (nSPS) is 22.3. The lowest BCUT2D eigenvalue weighted by Crippen LogP contribution is -2.40. The van der Waals surface area contributed by atoms with Crippen LogP contribution in [0.3, 0.4) is 0 Å². The third kappa shape index (κ3) is 5.04. The molecule has 1 atom stereocenters. The zero-order chi connectivity index (χ0) is 20.3. The summed E-state index contributed by atoms with van der Waals surface area (Å²) >= 11 is 13.5. The highest BCUT2D eigenvalue weighted by atomic mass is 35.5. The summed E-state index contributed by atoms with van der Waals surface area (Å²) in [7, 11) is -3.22. The molecule has 9 heteroatoms. The number of hydrogen-bond acceptors (Lipinski definition) is 5. The molecule has 1 aromatic rings. The zero-order valence-corrected chi connectivity index (χ0v) is 18.9. The van der Waals surface area contributed by atoms with Gasteiger partial charge >= 0.3 is 0 Å². The van der Waals surface area contributed by atoms with Gasteiger partial charge in [0, 0.05) is 18.2 Å². The van der Waals surface area contributed by atoms with E-state index in [4.69, 9.17) is 23.2 Å². The van der Waals surface area contributed by atoms with Crippen molar-refractivity contribution in [3.63, 3.8) is 0 Å². The summed E-state index contributed by atoms with van der Waals surface area (Å²) in [6, 6.07) is 5.09. The number of halogens is 2. The Kier molecular flexibility index (Phi) is 7.34. The van der Waals surface area contributed by atoms with E-state index < -0.39 is 9.84 Å². The molecule has 0 aromatic heterocycles. The van der Waals surface area contributed by atoms with Crippen molar-refractivity contribution in [2.45, 2.75) is 56.7 Å². The lowest BCUT2D eigenvalue weighted by Gasteiger charge is -2.23. The number of nitrogens with zero attached hydrogens (tertiary/aromatic N) is 2. The highest BCUT2D eigenvalue weighted by Crippen LogP contribution is 2.32. The smallest absolute Gasteiger partial charge is 0.229 e. The summed E-state index contributed by atoms with van der Waals surface area (Å²) in [4.78, 5) is 19.2. The third-order valence-corrected chi connectivity index (χ3v) is 9.35. The van der Waals surface area contributed by atoms with Gasteiger partial charge in [0.05, 0.1) is 26.7 Å². The number of aliphatic imine (C=N–C) groups is 1. The van der Waals surface area contributed by atoms with E-state index in [-0.39, 0.29) is 29.4 Å². The summed E-state index contributed by atoms with van der Waals surface area (Å²) in [6.07, 6.45) is 4.14. The highest BCUT2D eigenvalue weighted by Gasteiger charge is 2.35. The van der Waals surface area contributed by atoms with Crippen LogP contribution >= 0.6 is 35.0 Å². The van der Waals surface area contributed by atoms with E-state index in [1.807, 2.05) is 6.92 Å². The molecule has 2 aliphatic rings. The van der Waals surface area contributed by atoms with E-state index >= 15 is 0 Å². The lowest BCUT2D eigenvalue weighted by molar-refractivity contribution is -0.128. The summed E-state index contributed by atoms with van der Waals surface area (Å²) in [5.41, 5.74) is 0.616. The number of carbonyl (C=O) groups excluding carboxylic acids is 1. The van der Waals surface area contributed by atoms with Crippen molar-refractivity contribution in [1.82, 2.24) is 4.90 Å². The number of rotatable bonds is 6. The van der Waals surface area contributed by atoms with Gasteiger partial charge in [-0.2, -0.15) is 0 Å². The first-order valence-electron chi connectivity index (χ1n) is 9.52. The Morgan fingerprint density at radius 1 is 1.25 bits per heavy atom. The average molecular weight is 463 g/mol. The van der Waals surface area contributed by atoms with Gasteiger partial charge in [-0.25, -0.2) is 13.4 Å². The molecule has 0 spiro atoms. The molecule has 5 nitrogen and oxygen atoms in total. The maximum absolute atomic E-state index is 12.9. The first-order valence-corrected chi connectivity index (χ1v) is 13.0. The van der Waals surface area contributed by atoms with Crippen molar-refractivity contribution < 1.29 is 13.2 Å². The predicted molar refractivity (Wildman–Crippen MR) is 118 cm³/mol. The van der Waals surface area contributed by atoms with Crippen LogP contribution in [-0.2, 0) is 14.6 Å². The fourth-order valence-electron chi connectivity index (χ4n) is 3.60. The molecule has 1 aliphatic heterocycles. The Bertz CT molecular complexity index is 868. The Morgan fingerprint density at radius 2 is 1.96 bits per heavy atom. The van der Waals surface area contributed by atoms with Gasteiger partial charge in [-0.1, -0.05) is 54.7 Å². The van der Waals surface area contributed by atoms with Gasteiger partial charge < -0.3 is 0 Å². The van der Waals surface area contributed by atoms with Crippen LogP contribution in [-0.4, -0.2) is 47.2 Å². The molecule has 1 aromatic carbocycles. The molecule has 1 amide bonds. The minimum absolute atomic E-state index is 0.00368. The molecule has 1 saturated heterocycles. The number of amides is 1. The van der Waals surface area contributed by atoms with Crippen LogP contribution in [0.1, 0.15) is 45.4 Å². The predicted octanol–water partition coefficient (Wildman–Crippen LogP) is 5.08. The Hall–Kier alpha value is -0.760. The van der Waals surface area contributed by atoms with Gasteiger partial charge in [0.25, 0.3) is 0 Å². The van der Waals surface area contributed by atoms with E-state index in [1.165, 1.54) is 11.8 Å². The second-order valence-electron chi connectivity index (χ2n) is 7.15. The van der Waals surface area contributed by atoms with Crippen molar-refractivity contribution in [1.29, 1.82) is 0 Å². The van der Waals surface area contributed by atoms with Gasteiger partial charge in [0.2, 0.25) is 5.91 Å². The molecule has 154 valence electrons. The molecule has 2 fully saturated rings. The monoisotopic (exact) mass is 462 g/mol. The van der Waals surface area contributed by atoms with Crippen molar-refractivity contribution >= 4 is 61.6 Å². The SMILES string of the molecule is CCC1CSC(=Nc2ccc(Cl)c(Cl)c2)N1C(=O)CCS(=O)(=O)C1CCCC1. The molecular formula is C19H24Cl2N2O3S2. The lowest BCUT2D eigenvalue weighted by atomic mass is 10.2. The van der Waals surface area contributed by atoms with E-state index in [0.717, 1.165) is 37.9 Å². The van der Waals surface area contributed by atoms with Crippen LogP contribution in [0.25, 0.3) is 0 Å². The van der Waals surface area contributed by atoms with Crippen LogP contribution in [0.2, 0.25) is 10.0 Å². The van der Waals surface area contributed by atoms with Crippen molar-refractivity contribution in [3.05, 3.63) is 28.2 Å². The molecule has 1 saturated carbocycles. The van der Waals surface area contributed by atoms with Crippen molar-refractivity contribution in [3.8, 4) is 0 Å². The largest absolute Gasteiger partial charge is 0.287 e. The Labute approximate surface area is 180 Å². The Morgan fingerprint density at radius 3 is 2.61 bits per heavy atom. The quantitative estimate of drug-likeness (QED) is 0.590. The molecule has 0 N–H and O–H groups in total. The number of benzene rings is 1. The summed E-state index contributed by atoms with van der Waals surface area (Å²) in [5.74, 6) is 0.476. The molecular weight excluding hydrogens is 439 g/mol.